The summed E-state index contributed by atoms with van der Waals surface area (Å²) in [5, 5.41) is 2.79. The number of anilines is 2. The Kier molecular flexibility index (Phi) is 8.96. The molecule has 0 spiro atoms. The van der Waals surface area contributed by atoms with E-state index in [0.29, 0.717) is 48.8 Å². The lowest BCUT2D eigenvalue weighted by molar-refractivity contribution is -0.122. The van der Waals surface area contributed by atoms with Crippen LogP contribution in [0, 0.1) is 5.92 Å². The van der Waals surface area contributed by atoms with Gasteiger partial charge in [0.1, 0.15) is 16.4 Å². The topological polar surface area (TPSA) is 140 Å². The van der Waals surface area contributed by atoms with Crippen LogP contribution in [0.3, 0.4) is 0 Å². The molecule has 3 aromatic rings. The van der Waals surface area contributed by atoms with E-state index in [4.69, 9.17) is 15.2 Å². The van der Waals surface area contributed by atoms with Crippen LogP contribution in [0.5, 0.6) is 11.5 Å². The zero-order valence-electron chi connectivity index (χ0n) is 22.7. The number of nitrogens with zero attached hydrogens (tertiary/aromatic N) is 1. The molecule has 0 unspecified atom stereocenters. The van der Waals surface area contributed by atoms with Gasteiger partial charge in [-0.15, -0.1) is 0 Å². The van der Waals surface area contributed by atoms with Crippen molar-refractivity contribution in [2.24, 2.45) is 11.7 Å². The summed E-state index contributed by atoms with van der Waals surface area (Å²) in [6, 6.07) is 18.3. The van der Waals surface area contributed by atoms with Crippen molar-refractivity contribution in [1.82, 2.24) is 4.72 Å². The summed E-state index contributed by atoms with van der Waals surface area (Å²) in [4.78, 5) is 26.7. The van der Waals surface area contributed by atoms with E-state index in [2.05, 4.69) is 10.0 Å². The number of nitrogens with one attached hydrogen (secondary N) is 2. The molecule has 0 aromatic heterocycles. The summed E-state index contributed by atoms with van der Waals surface area (Å²) in [5.41, 5.74) is 7.37. The van der Waals surface area contributed by atoms with Crippen LogP contribution in [0.2, 0.25) is 0 Å². The number of rotatable bonds is 10. The van der Waals surface area contributed by atoms with E-state index in [-0.39, 0.29) is 22.3 Å². The third-order valence-corrected chi connectivity index (χ3v) is 8.56. The molecule has 0 radical (unpaired) electrons. The van der Waals surface area contributed by atoms with Gasteiger partial charge in [0.25, 0.3) is 5.91 Å². The Balaban J connectivity index is 1.67. The number of sulfonamides is 1. The first-order valence-electron chi connectivity index (χ1n) is 12.9. The second-order valence-corrected chi connectivity index (χ2v) is 11.3. The lowest BCUT2D eigenvalue weighted by Gasteiger charge is -2.33. The van der Waals surface area contributed by atoms with Crippen molar-refractivity contribution in [3.8, 4) is 11.5 Å². The SMILES string of the molecule is COc1cc(OC)cc(C(=O)Nc2ccc(N3CCC(C(N)=O)CC3)c(S(=O)(=O)N[C@@H](C)c3ccccc3)c2)c1. The lowest BCUT2D eigenvalue weighted by atomic mass is 9.96. The van der Waals surface area contributed by atoms with Crippen molar-refractivity contribution < 1.29 is 27.5 Å². The van der Waals surface area contributed by atoms with Crippen LogP contribution in [0.15, 0.2) is 71.6 Å². The molecule has 1 fully saturated rings. The predicted molar refractivity (Wildman–Crippen MR) is 153 cm³/mol. The normalized spacial score (nSPS) is 14.8. The van der Waals surface area contributed by atoms with Gasteiger partial charge in [-0.05, 0) is 55.7 Å². The molecule has 4 N–H and O–H groups in total. The van der Waals surface area contributed by atoms with Crippen LogP contribution >= 0.6 is 0 Å². The largest absolute Gasteiger partial charge is 0.497 e. The van der Waals surface area contributed by atoms with Crippen molar-refractivity contribution in [3.05, 3.63) is 77.9 Å². The molecular weight excluding hydrogens is 532 g/mol. The van der Waals surface area contributed by atoms with Crippen molar-refractivity contribution in [2.45, 2.75) is 30.7 Å². The molecule has 1 aliphatic heterocycles. The van der Waals surface area contributed by atoms with Gasteiger partial charge in [-0.2, -0.15) is 0 Å². The molecule has 2 amide bonds. The van der Waals surface area contributed by atoms with Crippen LogP contribution in [-0.4, -0.2) is 47.5 Å². The number of ether oxygens (including phenoxy) is 2. The van der Waals surface area contributed by atoms with Crippen LogP contribution in [-0.2, 0) is 14.8 Å². The average Bonchev–Trinajstić information content (AvgIpc) is 2.97. The zero-order valence-corrected chi connectivity index (χ0v) is 23.5. The first kappa shape index (κ1) is 28.9. The summed E-state index contributed by atoms with van der Waals surface area (Å²) in [7, 11) is -1.06. The standard InChI is InChI=1S/C29H34N4O6S/c1-19(20-7-5-4-6-8-20)32-40(36,37)27-17-23(9-10-26(27)33-13-11-21(12-14-33)28(30)34)31-29(35)22-15-24(38-2)18-25(16-22)39-3/h4-10,15-19,21,32H,11-14H2,1-3H3,(H2,30,34)(H,31,35)/t19-/m0/s1. The Morgan fingerprint density at radius 2 is 1.57 bits per heavy atom. The molecule has 10 nitrogen and oxygen atoms in total. The quantitative estimate of drug-likeness (QED) is 0.340. The number of nitrogens with two attached hydrogens (primary N) is 1. The molecule has 1 saturated heterocycles. The van der Waals surface area contributed by atoms with Gasteiger partial charge < -0.3 is 25.4 Å². The Morgan fingerprint density at radius 3 is 2.15 bits per heavy atom. The molecule has 3 aromatic carbocycles. The van der Waals surface area contributed by atoms with E-state index in [0.717, 1.165) is 5.56 Å². The number of amides is 2. The number of piperidine rings is 1. The fourth-order valence-electron chi connectivity index (χ4n) is 4.72. The fourth-order valence-corrected chi connectivity index (χ4v) is 6.20. The number of hydrogen-bond acceptors (Lipinski definition) is 7. The minimum Gasteiger partial charge on any atom is -0.497 e. The van der Waals surface area contributed by atoms with E-state index in [9.17, 15) is 18.0 Å². The number of benzene rings is 3. The highest BCUT2D eigenvalue weighted by Crippen LogP contribution is 2.33. The van der Waals surface area contributed by atoms with Gasteiger partial charge >= 0.3 is 0 Å². The lowest BCUT2D eigenvalue weighted by Crippen LogP contribution is -2.39. The monoisotopic (exact) mass is 566 g/mol. The maximum Gasteiger partial charge on any atom is 0.255 e. The summed E-state index contributed by atoms with van der Waals surface area (Å²) in [5.74, 6) is -0.159. The highest BCUT2D eigenvalue weighted by Gasteiger charge is 2.29. The number of carbonyl (C=O) groups is 2. The van der Waals surface area contributed by atoms with E-state index >= 15 is 0 Å². The molecule has 0 aliphatic carbocycles. The summed E-state index contributed by atoms with van der Waals surface area (Å²) in [6.07, 6.45) is 1.05. The summed E-state index contributed by atoms with van der Waals surface area (Å²) < 4.78 is 40.8. The molecule has 4 rings (SSSR count). The van der Waals surface area contributed by atoms with E-state index < -0.39 is 22.0 Å². The molecule has 1 atom stereocenters. The Hall–Kier alpha value is -4.09. The molecule has 0 bridgehead atoms. The van der Waals surface area contributed by atoms with Gasteiger partial charge in [0, 0.05) is 42.4 Å². The number of primary amides is 1. The third-order valence-electron chi connectivity index (χ3n) is 6.99. The second kappa shape index (κ2) is 12.4. The van der Waals surface area contributed by atoms with Crippen molar-refractivity contribution in [2.75, 3.05) is 37.5 Å². The van der Waals surface area contributed by atoms with E-state index in [1.807, 2.05) is 35.2 Å². The Bertz CT molecular complexity index is 1450. The number of carbonyl (C=O) groups excluding carboxylic acids is 2. The maximum atomic E-state index is 13.8. The minimum atomic E-state index is -4.04. The summed E-state index contributed by atoms with van der Waals surface area (Å²) in [6.45, 7) is 2.71. The van der Waals surface area contributed by atoms with Crippen molar-refractivity contribution >= 4 is 33.2 Å². The molecule has 1 heterocycles. The summed E-state index contributed by atoms with van der Waals surface area (Å²) >= 11 is 0. The molecule has 40 heavy (non-hydrogen) atoms. The van der Waals surface area contributed by atoms with Gasteiger partial charge in [-0.25, -0.2) is 13.1 Å². The second-order valence-electron chi connectivity index (χ2n) is 9.66. The van der Waals surface area contributed by atoms with Crippen LogP contribution in [0.1, 0.15) is 41.7 Å². The number of methoxy groups -OCH3 is 2. The van der Waals surface area contributed by atoms with Gasteiger partial charge in [0.15, 0.2) is 0 Å². The first-order valence-corrected chi connectivity index (χ1v) is 14.4. The average molecular weight is 567 g/mol. The highest BCUT2D eigenvalue weighted by atomic mass is 32.2. The van der Waals surface area contributed by atoms with Crippen LogP contribution in [0.4, 0.5) is 11.4 Å². The Morgan fingerprint density at radius 1 is 0.950 bits per heavy atom. The highest BCUT2D eigenvalue weighted by molar-refractivity contribution is 7.89. The first-order chi connectivity index (χ1) is 19.1. The van der Waals surface area contributed by atoms with Crippen molar-refractivity contribution in [1.29, 1.82) is 0 Å². The van der Waals surface area contributed by atoms with Crippen molar-refractivity contribution in [3.63, 3.8) is 0 Å². The van der Waals surface area contributed by atoms with E-state index in [1.165, 1.54) is 20.3 Å². The smallest absolute Gasteiger partial charge is 0.255 e. The molecule has 11 heteroatoms. The van der Waals surface area contributed by atoms with E-state index in [1.54, 1.807) is 37.3 Å². The molecule has 1 aliphatic rings. The fraction of sp³-hybridized carbons (Fsp3) is 0.310. The van der Waals surface area contributed by atoms with Crippen LogP contribution < -0.4 is 30.1 Å². The predicted octanol–water partition coefficient (Wildman–Crippen LogP) is 3.70. The molecule has 212 valence electrons. The van der Waals surface area contributed by atoms with Gasteiger partial charge in [-0.3, -0.25) is 9.59 Å². The third kappa shape index (κ3) is 6.72. The molecule has 0 saturated carbocycles. The Labute approximate surface area is 234 Å². The van der Waals surface area contributed by atoms with Crippen LogP contribution in [0.25, 0.3) is 0 Å². The number of hydrogen-bond donors (Lipinski definition) is 3. The van der Waals surface area contributed by atoms with Gasteiger partial charge in [0.2, 0.25) is 15.9 Å². The van der Waals surface area contributed by atoms with Gasteiger partial charge in [-0.1, -0.05) is 30.3 Å². The minimum absolute atomic E-state index is 0.0221. The molecular formula is C29H34N4O6S. The zero-order chi connectivity index (χ0) is 28.9. The maximum absolute atomic E-state index is 13.8. The van der Waals surface area contributed by atoms with Gasteiger partial charge in [0.05, 0.1) is 19.9 Å².